The lowest BCUT2D eigenvalue weighted by molar-refractivity contribution is -0.157. The monoisotopic (exact) mass is 236 g/mol. The van der Waals surface area contributed by atoms with E-state index in [-0.39, 0.29) is 11.6 Å². The molecule has 0 amide bonds. The van der Waals surface area contributed by atoms with Crippen molar-refractivity contribution in [3.05, 3.63) is 12.2 Å². The van der Waals surface area contributed by atoms with Crippen LogP contribution < -0.4 is 0 Å². The average Bonchev–Trinajstić information content (AvgIpc) is 2.39. The Morgan fingerprint density at radius 3 is 2.59 bits per heavy atom. The van der Waals surface area contributed by atoms with Crippen molar-refractivity contribution in [3.8, 4) is 0 Å². The molecule has 0 spiro atoms. The molecule has 0 aromatic heterocycles. The molecule has 0 aliphatic heterocycles. The molecule has 2 heteroatoms. The molecule has 17 heavy (non-hydrogen) atoms. The molecule has 0 heterocycles. The number of fused-ring (bicyclic) bond motifs is 3. The van der Waals surface area contributed by atoms with E-state index in [1.54, 1.807) is 6.92 Å². The minimum atomic E-state index is -0.191. The van der Waals surface area contributed by atoms with E-state index >= 15 is 0 Å². The van der Waals surface area contributed by atoms with Gasteiger partial charge in [-0.3, -0.25) is 0 Å². The van der Waals surface area contributed by atoms with Crippen LogP contribution in [0.1, 0.15) is 64.7 Å². The first-order valence-corrected chi connectivity index (χ1v) is 7.00. The summed E-state index contributed by atoms with van der Waals surface area (Å²) >= 11 is 0. The molecule has 0 radical (unpaired) electrons. The maximum absolute atomic E-state index is 11.8. The van der Waals surface area contributed by atoms with Crippen LogP contribution in [0.15, 0.2) is 12.2 Å². The first-order chi connectivity index (χ1) is 8.11. The van der Waals surface area contributed by atoms with E-state index in [4.69, 9.17) is 4.74 Å². The predicted octanol–water partition coefficient (Wildman–Crippen LogP) is 4.00. The molecule has 2 rings (SSSR count). The van der Waals surface area contributed by atoms with Crippen molar-refractivity contribution in [2.75, 3.05) is 0 Å². The van der Waals surface area contributed by atoms with Crippen LogP contribution in [0, 0.1) is 5.92 Å². The summed E-state index contributed by atoms with van der Waals surface area (Å²) in [5, 5.41) is 0. The normalized spacial score (nSPS) is 33.4. The van der Waals surface area contributed by atoms with E-state index in [1.807, 2.05) is 0 Å². The van der Waals surface area contributed by atoms with Gasteiger partial charge in [0, 0.05) is 5.57 Å². The molecule has 2 unspecified atom stereocenters. The van der Waals surface area contributed by atoms with Gasteiger partial charge in [-0.1, -0.05) is 25.8 Å². The van der Waals surface area contributed by atoms with Gasteiger partial charge in [0.25, 0.3) is 0 Å². The molecular formula is C15H24O2. The number of carbonyl (C=O) groups is 1. The van der Waals surface area contributed by atoms with Gasteiger partial charge >= 0.3 is 5.97 Å². The fourth-order valence-corrected chi connectivity index (χ4v) is 3.31. The summed E-state index contributed by atoms with van der Waals surface area (Å²) in [6.07, 6.45) is 10.9. The molecule has 2 atom stereocenters. The molecule has 2 bridgehead atoms. The Hall–Kier alpha value is -0.790. The summed E-state index contributed by atoms with van der Waals surface area (Å²) < 4.78 is 5.80. The molecule has 0 aromatic rings. The largest absolute Gasteiger partial charge is 0.456 e. The van der Waals surface area contributed by atoms with Crippen LogP contribution in [0.4, 0.5) is 0 Å². The fraction of sp³-hybridized carbons (Fsp3) is 0.800. The van der Waals surface area contributed by atoms with E-state index in [0.29, 0.717) is 5.57 Å². The molecule has 2 aliphatic rings. The zero-order chi connectivity index (χ0) is 12.3. The van der Waals surface area contributed by atoms with Crippen molar-refractivity contribution in [1.29, 1.82) is 0 Å². The number of rotatable bonds is 2. The van der Waals surface area contributed by atoms with Gasteiger partial charge in [-0.2, -0.15) is 0 Å². The summed E-state index contributed by atoms with van der Waals surface area (Å²) in [5.41, 5.74) is 0.368. The van der Waals surface area contributed by atoms with E-state index in [9.17, 15) is 4.79 Å². The highest BCUT2D eigenvalue weighted by Crippen LogP contribution is 2.41. The van der Waals surface area contributed by atoms with Crippen molar-refractivity contribution in [1.82, 2.24) is 0 Å². The highest BCUT2D eigenvalue weighted by atomic mass is 16.6. The highest BCUT2D eigenvalue weighted by molar-refractivity contribution is 5.87. The molecule has 2 fully saturated rings. The summed E-state index contributed by atoms with van der Waals surface area (Å²) in [6.45, 7) is 5.43. The van der Waals surface area contributed by atoms with Crippen molar-refractivity contribution in [2.45, 2.75) is 70.3 Å². The number of ether oxygens (including phenoxy) is 1. The van der Waals surface area contributed by atoms with E-state index < -0.39 is 0 Å². The molecule has 0 saturated heterocycles. The average molecular weight is 236 g/mol. The Balaban J connectivity index is 2.09. The Morgan fingerprint density at radius 1 is 1.12 bits per heavy atom. The summed E-state index contributed by atoms with van der Waals surface area (Å²) in [6, 6.07) is 0. The third-order valence-corrected chi connectivity index (χ3v) is 4.41. The second-order valence-electron chi connectivity index (χ2n) is 5.90. The van der Waals surface area contributed by atoms with E-state index in [1.165, 1.54) is 38.5 Å². The Morgan fingerprint density at radius 2 is 1.82 bits per heavy atom. The highest BCUT2D eigenvalue weighted by Gasteiger charge is 2.37. The molecular weight excluding hydrogens is 212 g/mol. The lowest BCUT2D eigenvalue weighted by atomic mass is 9.84. The van der Waals surface area contributed by atoms with Gasteiger partial charge in [0.15, 0.2) is 0 Å². The first-order valence-electron chi connectivity index (χ1n) is 7.00. The van der Waals surface area contributed by atoms with Crippen LogP contribution in [-0.4, -0.2) is 11.6 Å². The quantitative estimate of drug-likeness (QED) is 0.535. The van der Waals surface area contributed by atoms with Crippen molar-refractivity contribution in [2.24, 2.45) is 5.92 Å². The van der Waals surface area contributed by atoms with E-state index in [0.717, 1.165) is 25.2 Å². The first kappa shape index (κ1) is 12.7. The van der Waals surface area contributed by atoms with Crippen molar-refractivity contribution in [3.63, 3.8) is 0 Å². The van der Waals surface area contributed by atoms with Crippen molar-refractivity contribution >= 4 is 5.97 Å². The smallest absolute Gasteiger partial charge is 0.333 e. The van der Waals surface area contributed by atoms with Crippen LogP contribution in [0.5, 0.6) is 0 Å². The van der Waals surface area contributed by atoms with Crippen LogP contribution in [0.3, 0.4) is 0 Å². The topological polar surface area (TPSA) is 26.3 Å². The Labute approximate surface area is 104 Å². The zero-order valence-electron chi connectivity index (χ0n) is 11.0. The maximum Gasteiger partial charge on any atom is 0.333 e. The molecule has 2 saturated carbocycles. The van der Waals surface area contributed by atoms with Crippen LogP contribution in [-0.2, 0) is 9.53 Å². The van der Waals surface area contributed by atoms with Crippen LogP contribution >= 0.6 is 0 Å². The molecule has 0 aromatic carbocycles. The fourth-order valence-electron chi connectivity index (χ4n) is 3.31. The number of carbonyl (C=O) groups excluding carboxylic acids is 1. The van der Waals surface area contributed by atoms with Gasteiger partial charge in [-0.25, -0.2) is 4.79 Å². The van der Waals surface area contributed by atoms with Gasteiger partial charge in [0.2, 0.25) is 0 Å². The van der Waals surface area contributed by atoms with Gasteiger partial charge in [0.05, 0.1) is 0 Å². The second-order valence-corrected chi connectivity index (χ2v) is 5.90. The van der Waals surface area contributed by atoms with Crippen molar-refractivity contribution < 1.29 is 9.53 Å². The minimum absolute atomic E-state index is 0.162. The Bertz CT molecular complexity index is 304. The number of hydrogen-bond acceptors (Lipinski definition) is 2. The van der Waals surface area contributed by atoms with Gasteiger partial charge < -0.3 is 4.74 Å². The standard InChI is InChI=1S/C15H24O2/c1-12(2)14(16)17-15-9-4-3-6-13(8-11-15)7-5-10-15/h13H,1,3-11H2,2H3. The lowest BCUT2D eigenvalue weighted by Crippen LogP contribution is -2.35. The van der Waals surface area contributed by atoms with Gasteiger partial charge in [-0.05, 0) is 51.4 Å². The molecule has 0 N–H and O–H groups in total. The van der Waals surface area contributed by atoms with Gasteiger partial charge in [-0.15, -0.1) is 0 Å². The number of hydrogen-bond donors (Lipinski definition) is 0. The molecule has 2 nitrogen and oxygen atoms in total. The minimum Gasteiger partial charge on any atom is -0.456 e. The number of esters is 1. The Kier molecular flexibility index (Phi) is 3.90. The van der Waals surface area contributed by atoms with Crippen LogP contribution in [0.2, 0.25) is 0 Å². The lowest BCUT2D eigenvalue weighted by Gasteiger charge is -2.34. The maximum atomic E-state index is 11.8. The summed E-state index contributed by atoms with van der Waals surface area (Å²) in [5.74, 6) is 0.685. The third kappa shape index (κ3) is 3.11. The third-order valence-electron chi connectivity index (χ3n) is 4.41. The molecule has 96 valence electrons. The summed E-state index contributed by atoms with van der Waals surface area (Å²) in [4.78, 5) is 11.8. The zero-order valence-corrected chi connectivity index (χ0v) is 11.0. The summed E-state index contributed by atoms with van der Waals surface area (Å²) in [7, 11) is 0. The SMILES string of the molecule is C=C(C)C(=O)OC12CCCCC(CCC1)CC2. The van der Waals surface area contributed by atoms with E-state index in [2.05, 4.69) is 6.58 Å². The van der Waals surface area contributed by atoms with Crippen LogP contribution in [0.25, 0.3) is 0 Å². The molecule has 2 aliphatic carbocycles. The second kappa shape index (κ2) is 5.24. The van der Waals surface area contributed by atoms with Gasteiger partial charge in [0.1, 0.15) is 5.60 Å². The predicted molar refractivity (Wildman–Crippen MR) is 68.7 cm³/mol.